The zero-order valence-electron chi connectivity index (χ0n) is 9.88. The van der Waals surface area contributed by atoms with E-state index in [9.17, 15) is 0 Å². The molecule has 0 saturated carbocycles. The second-order valence-electron chi connectivity index (χ2n) is 4.38. The van der Waals surface area contributed by atoms with Crippen LogP contribution in [0.1, 0.15) is 30.9 Å². The van der Waals surface area contributed by atoms with Crippen molar-refractivity contribution in [1.29, 1.82) is 0 Å². The molecule has 0 fully saturated rings. The van der Waals surface area contributed by atoms with Crippen molar-refractivity contribution in [1.82, 2.24) is 4.57 Å². The van der Waals surface area contributed by atoms with E-state index in [0.717, 1.165) is 6.54 Å². The summed E-state index contributed by atoms with van der Waals surface area (Å²) in [7, 11) is 0. The molecule has 0 radical (unpaired) electrons. The lowest BCUT2D eigenvalue weighted by molar-refractivity contribution is 0.649. The van der Waals surface area contributed by atoms with Gasteiger partial charge in [0.1, 0.15) is 0 Å². The van der Waals surface area contributed by atoms with Crippen molar-refractivity contribution in [3.05, 3.63) is 35.5 Å². The summed E-state index contributed by atoms with van der Waals surface area (Å²) in [6, 6.07) is 6.73. The van der Waals surface area contributed by atoms with Crippen molar-refractivity contribution in [2.75, 3.05) is 0 Å². The van der Waals surface area contributed by atoms with Gasteiger partial charge in [-0.05, 0) is 38.0 Å². The lowest BCUT2D eigenvalue weighted by Gasteiger charge is -2.03. The number of fused-ring (bicyclic) bond motifs is 1. The molecule has 0 aliphatic heterocycles. The summed E-state index contributed by atoms with van der Waals surface area (Å²) >= 11 is 0. The Kier molecular flexibility index (Phi) is 2.81. The maximum atomic E-state index is 2.38. The highest BCUT2D eigenvalue weighted by Gasteiger charge is 2.04. The second kappa shape index (κ2) is 4.09. The lowest BCUT2D eigenvalue weighted by atomic mass is 10.1. The fourth-order valence-corrected chi connectivity index (χ4v) is 2.10. The summed E-state index contributed by atoms with van der Waals surface area (Å²) in [5.74, 6) is 0. The summed E-state index contributed by atoms with van der Waals surface area (Å²) in [6.45, 7) is 7.74. The second-order valence-corrected chi connectivity index (χ2v) is 4.38. The molecule has 0 aliphatic rings. The van der Waals surface area contributed by atoms with Gasteiger partial charge in [0.15, 0.2) is 0 Å². The molecular formula is C14H19N. The molecule has 2 rings (SSSR count). The van der Waals surface area contributed by atoms with E-state index in [1.165, 1.54) is 34.9 Å². The topological polar surface area (TPSA) is 4.93 Å². The summed E-state index contributed by atoms with van der Waals surface area (Å²) in [6.07, 6.45) is 4.79. The average Bonchev–Trinajstić information content (AvgIpc) is 2.53. The molecule has 0 amide bonds. The molecule has 1 aromatic heterocycles. The van der Waals surface area contributed by atoms with E-state index in [-0.39, 0.29) is 0 Å². The molecule has 1 aromatic carbocycles. The number of benzene rings is 1. The van der Waals surface area contributed by atoms with Crippen LogP contribution in [0.3, 0.4) is 0 Å². The van der Waals surface area contributed by atoms with E-state index >= 15 is 0 Å². The van der Waals surface area contributed by atoms with E-state index in [1.54, 1.807) is 0 Å². The van der Waals surface area contributed by atoms with Crippen molar-refractivity contribution >= 4 is 10.9 Å². The maximum Gasteiger partial charge on any atom is 0.0483 e. The molecule has 1 heterocycles. The molecule has 15 heavy (non-hydrogen) atoms. The summed E-state index contributed by atoms with van der Waals surface area (Å²) in [5.41, 5.74) is 4.12. The van der Waals surface area contributed by atoms with Crippen LogP contribution in [0.2, 0.25) is 0 Å². The highest BCUT2D eigenvalue weighted by atomic mass is 14.9. The number of nitrogens with zero attached hydrogens (tertiary/aromatic N) is 1. The first-order valence-electron chi connectivity index (χ1n) is 5.78. The highest BCUT2D eigenvalue weighted by molar-refractivity contribution is 5.84. The van der Waals surface area contributed by atoms with Gasteiger partial charge >= 0.3 is 0 Å². The quantitative estimate of drug-likeness (QED) is 0.705. The average molecular weight is 201 g/mol. The van der Waals surface area contributed by atoms with Crippen LogP contribution in [-0.4, -0.2) is 4.57 Å². The summed E-state index contributed by atoms with van der Waals surface area (Å²) in [4.78, 5) is 0. The van der Waals surface area contributed by atoms with Crippen molar-refractivity contribution in [3.63, 3.8) is 0 Å². The van der Waals surface area contributed by atoms with Crippen molar-refractivity contribution in [2.45, 2.75) is 40.2 Å². The Bertz CT molecular complexity index is 465. The largest absolute Gasteiger partial charge is 0.347 e. The number of unbranched alkanes of at least 4 members (excludes halogenated alkanes) is 1. The lowest BCUT2D eigenvalue weighted by Crippen LogP contribution is -1.94. The maximum absolute atomic E-state index is 2.38. The molecule has 0 aliphatic carbocycles. The van der Waals surface area contributed by atoms with Gasteiger partial charge in [0.05, 0.1) is 0 Å². The van der Waals surface area contributed by atoms with E-state index in [0.29, 0.717) is 0 Å². The number of hydrogen-bond acceptors (Lipinski definition) is 0. The molecule has 0 N–H and O–H groups in total. The van der Waals surface area contributed by atoms with Crippen molar-refractivity contribution in [3.8, 4) is 0 Å². The van der Waals surface area contributed by atoms with E-state index in [2.05, 4.69) is 49.7 Å². The van der Waals surface area contributed by atoms with Gasteiger partial charge in [-0.1, -0.05) is 25.0 Å². The zero-order valence-corrected chi connectivity index (χ0v) is 9.88. The Hall–Kier alpha value is -1.24. The summed E-state index contributed by atoms with van der Waals surface area (Å²) < 4.78 is 2.38. The molecule has 0 unspecified atom stereocenters. The van der Waals surface area contributed by atoms with Crippen LogP contribution in [0, 0.1) is 13.8 Å². The molecule has 0 saturated heterocycles. The van der Waals surface area contributed by atoms with Crippen molar-refractivity contribution < 1.29 is 0 Å². The predicted octanol–water partition coefficient (Wildman–Crippen LogP) is 4.06. The van der Waals surface area contributed by atoms with Crippen LogP contribution < -0.4 is 0 Å². The smallest absolute Gasteiger partial charge is 0.0483 e. The van der Waals surface area contributed by atoms with Gasteiger partial charge in [-0.3, -0.25) is 0 Å². The first-order valence-corrected chi connectivity index (χ1v) is 5.78. The molecule has 1 nitrogen and oxygen atoms in total. The van der Waals surface area contributed by atoms with Gasteiger partial charge in [0, 0.05) is 23.6 Å². The minimum atomic E-state index is 1.14. The SMILES string of the molecule is CCCCn1cc(C)c2cc(C)ccc21. The van der Waals surface area contributed by atoms with E-state index in [4.69, 9.17) is 0 Å². The van der Waals surface area contributed by atoms with Crippen LogP contribution >= 0.6 is 0 Å². The first kappa shape index (κ1) is 10.3. The molecular weight excluding hydrogens is 182 g/mol. The minimum absolute atomic E-state index is 1.14. The molecule has 0 atom stereocenters. The standard InChI is InChI=1S/C14H19N/c1-4-5-8-15-10-12(3)13-9-11(2)6-7-14(13)15/h6-7,9-10H,4-5,8H2,1-3H3. The monoisotopic (exact) mass is 201 g/mol. The molecule has 0 bridgehead atoms. The number of hydrogen-bond donors (Lipinski definition) is 0. The minimum Gasteiger partial charge on any atom is -0.347 e. The van der Waals surface area contributed by atoms with Gasteiger partial charge in [-0.25, -0.2) is 0 Å². The Morgan fingerprint density at radius 1 is 1.20 bits per heavy atom. The third-order valence-corrected chi connectivity index (χ3v) is 2.99. The fraction of sp³-hybridized carbons (Fsp3) is 0.429. The molecule has 1 heteroatoms. The third kappa shape index (κ3) is 1.92. The Morgan fingerprint density at radius 2 is 2.00 bits per heavy atom. The van der Waals surface area contributed by atoms with Gasteiger partial charge in [-0.15, -0.1) is 0 Å². The van der Waals surface area contributed by atoms with Gasteiger partial charge in [0.2, 0.25) is 0 Å². The number of rotatable bonds is 3. The summed E-state index contributed by atoms with van der Waals surface area (Å²) in [5, 5.41) is 1.41. The van der Waals surface area contributed by atoms with Crippen LogP contribution in [0.4, 0.5) is 0 Å². The van der Waals surface area contributed by atoms with E-state index in [1.807, 2.05) is 0 Å². The third-order valence-electron chi connectivity index (χ3n) is 2.99. The van der Waals surface area contributed by atoms with E-state index < -0.39 is 0 Å². The van der Waals surface area contributed by atoms with Gasteiger partial charge in [-0.2, -0.15) is 0 Å². The Morgan fingerprint density at radius 3 is 2.73 bits per heavy atom. The molecule has 2 aromatic rings. The zero-order chi connectivity index (χ0) is 10.8. The number of aryl methyl sites for hydroxylation is 3. The van der Waals surface area contributed by atoms with Gasteiger partial charge < -0.3 is 4.57 Å². The van der Waals surface area contributed by atoms with Crippen LogP contribution in [0.5, 0.6) is 0 Å². The van der Waals surface area contributed by atoms with Crippen LogP contribution in [-0.2, 0) is 6.54 Å². The first-order chi connectivity index (χ1) is 7.22. The molecule has 80 valence electrons. The van der Waals surface area contributed by atoms with Crippen LogP contribution in [0.25, 0.3) is 10.9 Å². The number of aromatic nitrogens is 1. The Balaban J connectivity index is 2.48. The predicted molar refractivity (Wildman–Crippen MR) is 66.3 cm³/mol. The Labute approximate surface area is 91.7 Å². The molecule has 0 spiro atoms. The van der Waals surface area contributed by atoms with Crippen LogP contribution in [0.15, 0.2) is 24.4 Å². The normalized spacial score (nSPS) is 11.1. The van der Waals surface area contributed by atoms with Gasteiger partial charge in [0.25, 0.3) is 0 Å². The fourth-order valence-electron chi connectivity index (χ4n) is 2.10. The highest BCUT2D eigenvalue weighted by Crippen LogP contribution is 2.22. The van der Waals surface area contributed by atoms with Crippen molar-refractivity contribution in [2.24, 2.45) is 0 Å².